The van der Waals surface area contributed by atoms with E-state index in [9.17, 15) is 0 Å². The van der Waals surface area contributed by atoms with Gasteiger partial charge in [0.25, 0.3) is 0 Å². The highest BCUT2D eigenvalue weighted by atomic mass is 16.3. The minimum Gasteiger partial charge on any atom is -0.449 e. The van der Waals surface area contributed by atoms with Crippen molar-refractivity contribution in [2.24, 2.45) is 0 Å². The summed E-state index contributed by atoms with van der Waals surface area (Å²) in [6, 6.07) is 15.3. The fourth-order valence-corrected chi connectivity index (χ4v) is 1.94. The molecule has 5 nitrogen and oxygen atoms in total. The van der Waals surface area contributed by atoms with Crippen LogP contribution in [0.4, 0.5) is 5.69 Å². The molecule has 98 valence electrons. The zero-order chi connectivity index (χ0) is 13.8. The van der Waals surface area contributed by atoms with E-state index in [0.29, 0.717) is 12.3 Å². The molecule has 0 atom stereocenters. The lowest BCUT2D eigenvalue weighted by atomic mass is 10.1. The second-order valence-corrected chi connectivity index (χ2v) is 4.28. The standard InChI is InChI=1S/C15H12N4O/c16-9-13-4-5-14(20-13)10-17-12-3-1-2-11(8-12)15-6-7-18-19-15/h1-8,17H,10H2,(H,18,19). The van der Waals surface area contributed by atoms with Gasteiger partial charge in [0.2, 0.25) is 5.76 Å². The summed E-state index contributed by atoms with van der Waals surface area (Å²) in [5.41, 5.74) is 3.01. The second kappa shape index (κ2) is 5.33. The van der Waals surface area contributed by atoms with Crippen LogP contribution in [0.3, 0.4) is 0 Å². The minimum atomic E-state index is 0.327. The van der Waals surface area contributed by atoms with Gasteiger partial charge >= 0.3 is 0 Å². The molecule has 0 unspecified atom stereocenters. The number of anilines is 1. The van der Waals surface area contributed by atoms with Gasteiger partial charge in [-0.1, -0.05) is 12.1 Å². The van der Waals surface area contributed by atoms with Crippen molar-refractivity contribution in [1.29, 1.82) is 5.26 Å². The summed E-state index contributed by atoms with van der Waals surface area (Å²) >= 11 is 0. The molecule has 2 heterocycles. The summed E-state index contributed by atoms with van der Waals surface area (Å²) < 4.78 is 5.32. The first-order valence-electron chi connectivity index (χ1n) is 6.17. The van der Waals surface area contributed by atoms with E-state index >= 15 is 0 Å². The number of furan rings is 1. The lowest BCUT2D eigenvalue weighted by Crippen LogP contribution is -1.98. The Bertz CT molecular complexity index is 737. The van der Waals surface area contributed by atoms with Crippen molar-refractivity contribution in [3.05, 3.63) is 60.2 Å². The van der Waals surface area contributed by atoms with Crippen LogP contribution in [0.25, 0.3) is 11.3 Å². The molecule has 20 heavy (non-hydrogen) atoms. The average Bonchev–Trinajstić information content (AvgIpc) is 3.17. The topological polar surface area (TPSA) is 77.6 Å². The molecule has 2 aromatic heterocycles. The number of aromatic nitrogens is 2. The van der Waals surface area contributed by atoms with E-state index in [4.69, 9.17) is 9.68 Å². The summed E-state index contributed by atoms with van der Waals surface area (Å²) in [4.78, 5) is 0. The van der Waals surface area contributed by atoms with Gasteiger partial charge in [0.1, 0.15) is 11.8 Å². The monoisotopic (exact) mass is 264 g/mol. The quantitative estimate of drug-likeness (QED) is 0.758. The molecule has 0 radical (unpaired) electrons. The number of hydrogen-bond acceptors (Lipinski definition) is 4. The third kappa shape index (κ3) is 2.54. The molecule has 3 rings (SSSR count). The molecular formula is C15H12N4O. The largest absolute Gasteiger partial charge is 0.449 e. The van der Waals surface area contributed by atoms with Crippen LogP contribution in [0.2, 0.25) is 0 Å². The summed E-state index contributed by atoms with van der Waals surface area (Å²) in [6.07, 6.45) is 1.72. The molecule has 0 saturated heterocycles. The second-order valence-electron chi connectivity index (χ2n) is 4.28. The number of rotatable bonds is 4. The van der Waals surface area contributed by atoms with Crippen LogP contribution in [0.5, 0.6) is 0 Å². The van der Waals surface area contributed by atoms with Crippen LogP contribution in [0, 0.1) is 11.3 Å². The molecule has 0 bridgehead atoms. The highest BCUT2D eigenvalue weighted by molar-refractivity contribution is 5.64. The van der Waals surface area contributed by atoms with Crippen molar-refractivity contribution in [2.45, 2.75) is 6.54 Å². The maximum absolute atomic E-state index is 8.70. The Balaban J connectivity index is 1.72. The maximum Gasteiger partial charge on any atom is 0.203 e. The minimum absolute atomic E-state index is 0.327. The van der Waals surface area contributed by atoms with Gasteiger partial charge < -0.3 is 9.73 Å². The molecule has 3 aromatic rings. The average molecular weight is 264 g/mol. The van der Waals surface area contributed by atoms with Crippen molar-refractivity contribution in [3.8, 4) is 17.3 Å². The fraction of sp³-hybridized carbons (Fsp3) is 0.0667. The Kier molecular flexibility index (Phi) is 3.21. The number of nitrogens with one attached hydrogen (secondary N) is 2. The van der Waals surface area contributed by atoms with E-state index in [-0.39, 0.29) is 0 Å². The summed E-state index contributed by atoms with van der Waals surface area (Å²) in [5, 5.41) is 18.8. The fourth-order valence-electron chi connectivity index (χ4n) is 1.94. The number of benzene rings is 1. The van der Waals surface area contributed by atoms with Gasteiger partial charge in [-0.05, 0) is 30.3 Å². The molecule has 0 fully saturated rings. The molecule has 1 aromatic carbocycles. The van der Waals surface area contributed by atoms with Gasteiger partial charge in [-0.3, -0.25) is 5.10 Å². The van der Waals surface area contributed by atoms with E-state index < -0.39 is 0 Å². The zero-order valence-corrected chi connectivity index (χ0v) is 10.6. The lowest BCUT2D eigenvalue weighted by Gasteiger charge is -2.06. The van der Waals surface area contributed by atoms with Crippen molar-refractivity contribution >= 4 is 5.69 Å². The number of H-pyrrole nitrogens is 1. The van der Waals surface area contributed by atoms with Gasteiger partial charge in [0, 0.05) is 17.4 Å². The van der Waals surface area contributed by atoms with Crippen LogP contribution in [-0.4, -0.2) is 10.2 Å². The Labute approximate surface area is 115 Å². The Morgan fingerprint density at radius 3 is 2.95 bits per heavy atom. The molecule has 0 amide bonds. The SMILES string of the molecule is N#Cc1ccc(CNc2cccc(-c3ccn[nH]3)c2)o1. The van der Waals surface area contributed by atoms with Gasteiger partial charge in [0.05, 0.1) is 12.2 Å². The molecule has 0 aliphatic heterocycles. The van der Waals surface area contributed by atoms with Gasteiger partial charge in [-0.15, -0.1) is 0 Å². The van der Waals surface area contributed by atoms with Gasteiger partial charge in [-0.25, -0.2) is 0 Å². The molecule has 2 N–H and O–H groups in total. The van der Waals surface area contributed by atoms with Gasteiger partial charge in [0.15, 0.2) is 0 Å². The van der Waals surface area contributed by atoms with Crippen molar-refractivity contribution in [3.63, 3.8) is 0 Å². The summed E-state index contributed by atoms with van der Waals surface area (Å²) in [7, 11) is 0. The zero-order valence-electron chi connectivity index (χ0n) is 10.6. The first-order chi connectivity index (χ1) is 9.85. The number of hydrogen-bond donors (Lipinski definition) is 2. The number of nitriles is 1. The molecule has 0 saturated carbocycles. The maximum atomic E-state index is 8.70. The molecule has 5 heteroatoms. The first-order valence-corrected chi connectivity index (χ1v) is 6.17. The first kappa shape index (κ1) is 12.1. The molecule has 0 aliphatic rings. The smallest absolute Gasteiger partial charge is 0.203 e. The van der Waals surface area contributed by atoms with E-state index in [0.717, 1.165) is 22.7 Å². The number of nitrogens with zero attached hydrogens (tertiary/aromatic N) is 2. The Morgan fingerprint density at radius 1 is 1.25 bits per heavy atom. The molecule has 0 spiro atoms. The van der Waals surface area contributed by atoms with Crippen LogP contribution < -0.4 is 5.32 Å². The van der Waals surface area contributed by atoms with E-state index in [1.54, 1.807) is 18.3 Å². The third-order valence-electron chi connectivity index (χ3n) is 2.91. The van der Waals surface area contributed by atoms with Crippen LogP contribution in [0.1, 0.15) is 11.5 Å². The van der Waals surface area contributed by atoms with E-state index in [1.165, 1.54) is 0 Å². The third-order valence-corrected chi connectivity index (χ3v) is 2.91. The lowest BCUT2D eigenvalue weighted by molar-refractivity contribution is 0.506. The Hall–Kier alpha value is -3.00. The molecule has 0 aliphatic carbocycles. The Morgan fingerprint density at radius 2 is 2.20 bits per heavy atom. The van der Waals surface area contributed by atoms with Crippen LogP contribution >= 0.6 is 0 Å². The summed E-state index contributed by atoms with van der Waals surface area (Å²) in [5.74, 6) is 1.06. The normalized spacial score (nSPS) is 10.2. The predicted octanol–water partition coefficient (Wildman–Crippen LogP) is 3.15. The van der Waals surface area contributed by atoms with Crippen LogP contribution in [0.15, 0.2) is 53.1 Å². The highest BCUT2D eigenvalue weighted by Crippen LogP contribution is 2.20. The predicted molar refractivity (Wildman–Crippen MR) is 74.8 cm³/mol. The van der Waals surface area contributed by atoms with Crippen molar-refractivity contribution in [2.75, 3.05) is 5.32 Å². The van der Waals surface area contributed by atoms with Gasteiger partial charge in [-0.2, -0.15) is 10.4 Å². The van der Waals surface area contributed by atoms with Crippen molar-refractivity contribution < 1.29 is 4.42 Å². The van der Waals surface area contributed by atoms with Crippen molar-refractivity contribution in [1.82, 2.24) is 10.2 Å². The molecular weight excluding hydrogens is 252 g/mol. The van der Waals surface area contributed by atoms with E-state index in [1.807, 2.05) is 36.4 Å². The number of aromatic amines is 1. The summed E-state index contributed by atoms with van der Waals surface area (Å²) in [6.45, 7) is 0.536. The van der Waals surface area contributed by atoms with E-state index in [2.05, 4.69) is 15.5 Å². The van der Waals surface area contributed by atoms with Crippen LogP contribution in [-0.2, 0) is 6.54 Å². The highest BCUT2D eigenvalue weighted by Gasteiger charge is 2.03.